The zero-order valence-electron chi connectivity index (χ0n) is 21.4. The molecular formula is C29H45NO2. The zero-order chi connectivity index (χ0) is 23.6. The number of carbonyl (C=O) groups is 1. The average Bonchev–Trinajstić information content (AvgIpc) is 2.76. The molecule has 0 spiro atoms. The van der Waals surface area contributed by atoms with E-state index in [1.807, 2.05) is 0 Å². The number of allylic oxidation sites excluding steroid dienone is 3. The molecule has 0 fully saturated rings. The van der Waals surface area contributed by atoms with Crippen molar-refractivity contribution >= 4 is 17.5 Å². The number of ether oxygens (including phenoxy) is 1. The Hall–Kier alpha value is -2.03. The Labute approximate surface area is 196 Å². The van der Waals surface area contributed by atoms with Gasteiger partial charge in [-0.05, 0) is 60.8 Å². The van der Waals surface area contributed by atoms with Gasteiger partial charge in [0.05, 0.1) is 7.11 Å². The van der Waals surface area contributed by atoms with Crippen LogP contribution in [-0.2, 0) is 4.79 Å². The molecule has 0 N–H and O–H groups in total. The molecule has 178 valence electrons. The number of benzene rings is 1. The molecule has 0 amide bonds. The molecule has 0 aromatic heterocycles. The summed E-state index contributed by atoms with van der Waals surface area (Å²) >= 11 is 0. The Morgan fingerprint density at radius 2 is 1.62 bits per heavy atom. The first-order chi connectivity index (χ1) is 15.3. The van der Waals surface area contributed by atoms with Gasteiger partial charge in [-0.25, -0.2) is 0 Å². The molecule has 0 atom stereocenters. The molecule has 32 heavy (non-hydrogen) atoms. The van der Waals surface area contributed by atoms with Gasteiger partial charge in [0.25, 0.3) is 0 Å². The Balaban J connectivity index is 2.32. The molecule has 0 aliphatic heterocycles. The third-order valence-electron chi connectivity index (χ3n) is 6.42. The molecule has 1 aromatic rings. The summed E-state index contributed by atoms with van der Waals surface area (Å²) in [7, 11) is 1.75. The molecule has 2 rings (SSSR count). The van der Waals surface area contributed by atoms with Crippen LogP contribution in [0.2, 0.25) is 0 Å². The van der Waals surface area contributed by atoms with Crippen molar-refractivity contribution in [1.82, 2.24) is 0 Å². The number of unbranched alkanes of at least 4 members (excludes halogenated alkanes) is 3. The van der Waals surface area contributed by atoms with Gasteiger partial charge in [-0.1, -0.05) is 66.0 Å². The number of hydrogen-bond acceptors (Lipinski definition) is 3. The van der Waals surface area contributed by atoms with Crippen molar-refractivity contribution in [2.45, 2.75) is 92.4 Å². The highest BCUT2D eigenvalue weighted by atomic mass is 16.5. The van der Waals surface area contributed by atoms with Crippen molar-refractivity contribution in [3.8, 4) is 5.75 Å². The van der Waals surface area contributed by atoms with Crippen LogP contribution < -0.4 is 9.64 Å². The molecule has 0 bridgehead atoms. The third kappa shape index (κ3) is 7.53. The molecule has 0 unspecified atom stereocenters. The lowest BCUT2D eigenvalue weighted by atomic mass is 9.72. The van der Waals surface area contributed by atoms with Crippen molar-refractivity contribution in [2.24, 2.45) is 5.41 Å². The van der Waals surface area contributed by atoms with Crippen LogP contribution in [0.25, 0.3) is 6.08 Å². The first kappa shape index (κ1) is 26.2. The fourth-order valence-electron chi connectivity index (χ4n) is 4.51. The minimum Gasteiger partial charge on any atom is -0.496 e. The SMILES string of the molecule is CCCCC1=C(/C=C/c2ccc(N(CCCC)CCCC)cc2OC)CC(C)(C)CC1=O. The molecule has 0 saturated heterocycles. The van der Waals surface area contributed by atoms with E-state index in [1.165, 1.54) is 36.9 Å². The number of anilines is 1. The summed E-state index contributed by atoms with van der Waals surface area (Å²) in [5.41, 5.74) is 4.58. The average molecular weight is 440 g/mol. The van der Waals surface area contributed by atoms with Gasteiger partial charge in [0.2, 0.25) is 0 Å². The number of hydrogen-bond donors (Lipinski definition) is 0. The lowest BCUT2D eigenvalue weighted by Crippen LogP contribution is -2.25. The van der Waals surface area contributed by atoms with Crippen LogP contribution in [-0.4, -0.2) is 26.0 Å². The highest BCUT2D eigenvalue weighted by Gasteiger charge is 2.31. The van der Waals surface area contributed by atoms with Gasteiger partial charge in [-0.3, -0.25) is 4.79 Å². The van der Waals surface area contributed by atoms with Gasteiger partial charge >= 0.3 is 0 Å². The number of rotatable bonds is 13. The molecule has 1 aromatic carbocycles. The van der Waals surface area contributed by atoms with Crippen molar-refractivity contribution in [3.05, 3.63) is 41.0 Å². The molecule has 0 saturated carbocycles. The van der Waals surface area contributed by atoms with Gasteiger partial charge in [0.15, 0.2) is 5.78 Å². The maximum Gasteiger partial charge on any atom is 0.159 e. The van der Waals surface area contributed by atoms with Crippen LogP contribution in [0.4, 0.5) is 5.69 Å². The van der Waals surface area contributed by atoms with Crippen molar-refractivity contribution in [3.63, 3.8) is 0 Å². The van der Waals surface area contributed by atoms with Crippen molar-refractivity contribution in [1.29, 1.82) is 0 Å². The number of methoxy groups -OCH3 is 1. The van der Waals surface area contributed by atoms with Crippen LogP contribution in [0, 0.1) is 5.41 Å². The molecule has 3 heteroatoms. The minimum absolute atomic E-state index is 0.0273. The predicted octanol–water partition coefficient (Wildman–Crippen LogP) is 7.99. The summed E-state index contributed by atoms with van der Waals surface area (Å²) in [6, 6.07) is 6.56. The molecule has 0 heterocycles. The largest absolute Gasteiger partial charge is 0.496 e. The van der Waals surface area contributed by atoms with E-state index in [1.54, 1.807) is 7.11 Å². The fraction of sp³-hybridized carbons (Fsp3) is 0.621. The highest BCUT2D eigenvalue weighted by molar-refractivity contribution is 5.98. The zero-order valence-corrected chi connectivity index (χ0v) is 21.4. The smallest absolute Gasteiger partial charge is 0.159 e. The summed E-state index contributed by atoms with van der Waals surface area (Å²) in [6.07, 6.45) is 13.8. The Bertz CT molecular complexity index is 795. The predicted molar refractivity (Wildman–Crippen MR) is 139 cm³/mol. The quantitative estimate of drug-likeness (QED) is 0.312. The van der Waals surface area contributed by atoms with E-state index in [-0.39, 0.29) is 5.41 Å². The van der Waals surface area contributed by atoms with Crippen LogP contribution in [0.15, 0.2) is 35.4 Å². The van der Waals surface area contributed by atoms with Gasteiger partial charge < -0.3 is 9.64 Å². The first-order valence-corrected chi connectivity index (χ1v) is 12.7. The molecule has 3 nitrogen and oxygen atoms in total. The molecular weight excluding hydrogens is 394 g/mol. The maximum atomic E-state index is 12.8. The Morgan fingerprint density at radius 3 is 2.22 bits per heavy atom. The van der Waals surface area contributed by atoms with Crippen molar-refractivity contribution in [2.75, 3.05) is 25.1 Å². The minimum atomic E-state index is 0.0273. The number of nitrogens with zero attached hydrogens (tertiary/aromatic N) is 1. The van der Waals surface area contributed by atoms with Gasteiger partial charge in [-0.2, -0.15) is 0 Å². The summed E-state index contributed by atoms with van der Waals surface area (Å²) in [6.45, 7) is 13.2. The standard InChI is InChI=1S/C29H45NO2/c1-7-10-13-26-24(21-29(4,5)22-27(26)31)15-14-23-16-17-25(20-28(23)32-6)30(18-11-8-2)19-12-9-3/h14-17,20H,7-13,18-19,21-22H2,1-6H3/b15-14+. The van der Waals surface area contributed by atoms with E-state index in [0.29, 0.717) is 12.2 Å². The fourth-order valence-corrected chi connectivity index (χ4v) is 4.51. The lowest BCUT2D eigenvalue weighted by molar-refractivity contribution is -0.118. The van der Waals surface area contributed by atoms with E-state index < -0.39 is 0 Å². The molecule has 1 aliphatic rings. The van der Waals surface area contributed by atoms with E-state index in [2.05, 4.69) is 69.9 Å². The summed E-state index contributed by atoms with van der Waals surface area (Å²) in [5, 5.41) is 0. The third-order valence-corrected chi connectivity index (χ3v) is 6.42. The second-order valence-corrected chi connectivity index (χ2v) is 10.0. The second kappa shape index (κ2) is 12.9. The summed E-state index contributed by atoms with van der Waals surface area (Å²) in [5.74, 6) is 1.23. The monoisotopic (exact) mass is 439 g/mol. The van der Waals surface area contributed by atoms with E-state index >= 15 is 0 Å². The Kier molecular flexibility index (Phi) is 10.5. The van der Waals surface area contributed by atoms with E-state index in [4.69, 9.17) is 4.74 Å². The van der Waals surface area contributed by atoms with Crippen LogP contribution >= 0.6 is 0 Å². The topological polar surface area (TPSA) is 29.5 Å². The van der Waals surface area contributed by atoms with Crippen LogP contribution in [0.1, 0.15) is 98.0 Å². The summed E-state index contributed by atoms with van der Waals surface area (Å²) < 4.78 is 5.78. The van der Waals surface area contributed by atoms with Crippen LogP contribution in [0.5, 0.6) is 5.75 Å². The van der Waals surface area contributed by atoms with Gasteiger partial charge in [-0.15, -0.1) is 0 Å². The lowest BCUT2D eigenvalue weighted by Gasteiger charge is -2.31. The normalized spacial score (nSPS) is 16.1. The summed E-state index contributed by atoms with van der Waals surface area (Å²) in [4.78, 5) is 15.3. The molecule has 0 radical (unpaired) electrons. The first-order valence-electron chi connectivity index (χ1n) is 12.7. The van der Waals surface area contributed by atoms with E-state index in [9.17, 15) is 4.79 Å². The van der Waals surface area contributed by atoms with E-state index in [0.717, 1.165) is 55.7 Å². The van der Waals surface area contributed by atoms with Crippen LogP contribution in [0.3, 0.4) is 0 Å². The Morgan fingerprint density at radius 1 is 0.969 bits per heavy atom. The maximum absolute atomic E-state index is 12.8. The van der Waals surface area contributed by atoms with Gasteiger partial charge in [0.1, 0.15) is 5.75 Å². The highest BCUT2D eigenvalue weighted by Crippen LogP contribution is 2.39. The second-order valence-electron chi connectivity index (χ2n) is 10.0. The number of ketones is 1. The number of carbonyl (C=O) groups excluding carboxylic acids is 1. The van der Waals surface area contributed by atoms with Crippen molar-refractivity contribution < 1.29 is 9.53 Å². The number of Topliss-reactive ketones (excluding diaryl/α,β-unsaturated/α-hetero) is 1. The van der Waals surface area contributed by atoms with Gasteiger partial charge in [0, 0.05) is 36.8 Å². The molecule has 1 aliphatic carbocycles.